The van der Waals surface area contributed by atoms with Gasteiger partial charge in [-0.2, -0.15) is 9.78 Å². The Labute approximate surface area is 219 Å². The number of ether oxygens (including phenoxy) is 2. The summed E-state index contributed by atoms with van der Waals surface area (Å²) in [6.45, 7) is 1.92. The highest BCUT2D eigenvalue weighted by Gasteiger charge is 2.15. The van der Waals surface area contributed by atoms with Gasteiger partial charge in [0.25, 0.3) is 11.2 Å². The van der Waals surface area contributed by atoms with Crippen LogP contribution < -0.4 is 15.0 Å². The van der Waals surface area contributed by atoms with Crippen molar-refractivity contribution >= 4 is 50.3 Å². The molecular weight excluding hydrogens is 552 g/mol. The summed E-state index contributed by atoms with van der Waals surface area (Å²) in [6.07, 6.45) is 1.93. The fourth-order valence-electron chi connectivity index (χ4n) is 3.57. The van der Waals surface area contributed by atoms with Crippen LogP contribution in [0.4, 0.5) is 5.69 Å². The topological polar surface area (TPSA) is 109 Å². The Kier molecular flexibility index (Phi) is 7.66. The molecule has 1 aromatic heterocycles. The second-order valence-corrected chi connectivity index (χ2v) is 9.00. The SMILES string of the molecule is CCc1nc2ccc(Br)cc2c(=O)n1N=Cc1cc(Cl)cc(OC)c1OCc1cccc([N+](=O)[O-])c1. The maximum absolute atomic E-state index is 13.2. The Morgan fingerprint density at radius 3 is 2.75 bits per heavy atom. The predicted molar refractivity (Wildman–Crippen MR) is 142 cm³/mol. The van der Waals surface area contributed by atoms with Gasteiger partial charge in [-0.15, -0.1) is 0 Å². The molecule has 36 heavy (non-hydrogen) atoms. The third kappa shape index (κ3) is 5.39. The molecule has 0 N–H and O–H groups in total. The Morgan fingerprint density at radius 2 is 2.03 bits per heavy atom. The largest absolute Gasteiger partial charge is 0.493 e. The number of hydrogen-bond donors (Lipinski definition) is 0. The van der Waals surface area contributed by atoms with E-state index in [2.05, 4.69) is 26.0 Å². The van der Waals surface area contributed by atoms with Crippen molar-refractivity contribution in [3.63, 3.8) is 0 Å². The number of methoxy groups -OCH3 is 1. The zero-order chi connectivity index (χ0) is 25.8. The van der Waals surface area contributed by atoms with Crippen molar-refractivity contribution in [3.8, 4) is 11.5 Å². The van der Waals surface area contributed by atoms with E-state index in [4.69, 9.17) is 21.1 Å². The number of aromatic nitrogens is 2. The van der Waals surface area contributed by atoms with E-state index in [0.717, 1.165) is 4.47 Å². The quantitative estimate of drug-likeness (QED) is 0.151. The van der Waals surface area contributed by atoms with E-state index >= 15 is 0 Å². The maximum Gasteiger partial charge on any atom is 0.282 e. The van der Waals surface area contributed by atoms with Crippen LogP contribution in [0.1, 0.15) is 23.9 Å². The van der Waals surface area contributed by atoms with Crippen molar-refractivity contribution in [2.24, 2.45) is 5.10 Å². The number of benzene rings is 3. The minimum absolute atomic E-state index is 0.0340. The average Bonchev–Trinajstić information content (AvgIpc) is 2.87. The molecule has 0 saturated heterocycles. The summed E-state index contributed by atoms with van der Waals surface area (Å²) in [4.78, 5) is 28.4. The highest BCUT2D eigenvalue weighted by Crippen LogP contribution is 2.34. The number of hydrogen-bond acceptors (Lipinski definition) is 7. The summed E-state index contributed by atoms with van der Waals surface area (Å²) >= 11 is 9.67. The molecule has 0 fully saturated rings. The van der Waals surface area contributed by atoms with Crippen molar-refractivity contribution in [1.82, 2.24) is 9.66 Å². The van der Waals surface area contributed by atoms with Crippen LogP contribution in [0.25, 0.3) is 10.9 Å². The zero-order valence-corrected chi connectivity index (χ0v) is 21.6. The zero-order valence-electron chi connectivity index (χ0n) is 19.3. The standard InChI is InChI=1S/C25H20BrClN4O5/c1-3-23-29-21-8-7-17(26)11-20(21)25(32)30(23)28-13-16-10-18(27)12-22(35-2)24(16)36-14-15-5-4-6-19(9-15)31(33)34/h4-13H,3,14H2,1-2H3. The lowest BCUT2D eigenvalue weighted by molar-refractivity contribution is -0.384. The average molecular weight is 572 g/mol. The van der Waals surface area contributed by atoms with Crippen molar-refractivity contribution in [1.29, 1.82) is 0 Å². The summed E-state index contributed by atoms with van der Waals surface area (Å²) in [5, 5.41) is 16.3. The van der Waals surface area contributed by atoms with Crippen molar-refractivity contribution in [2.45, 2.75) is 20.0 Å². The Bertz CT molecular complexity index is 1550. The number of halogens is 2. The van der Waals surface area contributed by atoms with Gasteiger partial charge in [0.2, 0.25) is 0 Å². The van der Waals surface area contributed by atoms with Crippen molar-refractivity contribution < 1.29 is 14.4 Å². The third-order valence-corrected chi connectivity index (χ3v) is 5.99. The lowest BCUT2D eigenvalue weighted by Crippen LogP contribution is -2.22. The molecule has 0 radical (unpaired) electrons. The van der Waals surface area contributed by atoms with Crippen LogP contribution in [-0.4, -0.2) is 27.9 Å². The third-order valence-electron chi connectivity index (χ3n) is 5.28. The van der Waals surface area contributed by atoms with Gasteiger partial charge in [-0.05, 0) is 29.8 Å². The number of nitro groups is 1. The Balaban J connectivity index is 1.75. The van der Waals surface area contributed by atoms with Crippen LogP contribution >= 0.6 is 27.5 Å². The Hall–Kier alpha value is -3.76. The first-order valence-corrected chi connectivity index (χ1v) is 12.0. The van der Waals surface area contributed by atoms with Gasteiger partial charge in [-0.1, -0.05) is 46.6 Å². The van der Waals surface area contributed by atoms with Gasteiger partial charge in [0.15, 0.2) is 11.5 Å². The van der Waals surface area contributed by atoms with Gasteiger partial charge in [-0.3, -0.25) is 14.9 Å². The van der Waals surface area contributed by atoms with Gasteiger partial charge in [0.05, 0.1) is 29.2 Å². The van der Waals surface area contributed by atoms with Crippen LogP contribution in [0.15, 0.2) is 69.0 Å². The van der Waals surface area contributed by atoms with E-state index in [9.17, 15) is 14.9 Å². The molecule has 0 aliphatic heterocycles. The molecule has 184 valence electrons. The van der Waals surface area contributed by atoms with Crippen LogP contribution in [0.5, 0.6) is 11.5 Å². The van der Waals surface area contributed by atoms with E-state index in [-0.39, 0.29) is 17.9 Å². The molecule has 0 aliphatic rings. The summed E-state index contributed by atoms with van der Waals surface area (Å²) in [5.74, 6) is 1.15. The monoisotopic (exact) mass is 570 g/mol. The van der Waals surface area contributed by atoms with E-state index < -0.39 is 4.92 Å². The lowest BCUT2D eigenvalue weighted by atomic mass is 10.2. The molecule has 1 heterocycles. The lowest BCUT2D eigenvalue weighted by Gasteiger charge is -2.14. The number of fused-ring (bicyclic) bond motifs is 1. The molecule has 0 atom stereocenters. The first-order valence-electron chi connectivity index (χ1n) is 10.8. The molecule has 0 spiro atoms. The van der Waals surface area contributed by atoms with Crippen LogP contribution in [0.2, 0.25) is 5.02 Å². The van der Waals surface area contributed by atoms with Gasteiger partial charge in [0.1, 0.15) is 12.4 Å². The molecule has 0 bridgehead atoms. The molecule has 0 saturated carbocycles. The molecule has 0 aliphatic carbocycles. The molecule has 0 amide bonds. The van der Waals surface area contributed by atoms with Gasteiger partial charge in [0, 0.05) is 39.7 Å². The number of aryl methyl sites for hydroxylation is 1. The molecule has 11 heteroatoms. The second-order valence-electron chi connectivity index (χ2n) is 7.65. The first-order chi connectivity index (χ1) is 17.3. The summed E-state index contributed by atoms with van der Waals surface area (Å²) in [7, 11) is 1.47. The van der Waals surface area contributed by atoms with Gasteiger partial charge < -0.3 is 9.47 Å². The fourth-order valence-corrected chi connectivity index (χ4v) is 4.15. The van der Waals surface area contributed by atoms with Crippen molar-refractivity contribution in [2.75, 3.05) is 7.11 Å². The Morgan fingerprint density at radius 1 is 1.22 bits per heavy atom. The predicted octanol–water partition coefficient (Wildman–Crippen LogP) is 5.75. The summed E-state index contributed by atoms with van der Waals surface area (Å²) in [5.41, 5.74) is 1.27. The number of non-ortho nitro benzene ring substituents is 1. The minimum atomic E-state index is -0.469. The highest BCUT2D eigenvalue weighted by atomic mass is 79.9. The van der Waals surface area contributed by atoms with Crippen LogP contribution in [0, 0.1) is 10.1 Å². The molecule has 3 aromatic carbocycles. The second kappa shape index (κ2) is 10.9. The van der Waals surface area contributed by atoms with E-state index in [1.165, 1.54) is 30.1 Å². The van der Waals surface area contributed by atoms with Gasteiger partial charge >= 0.3 is 0 Å². The van der Waals surface area contributed by atoms with E-state index in [0.29, 0.717) is 50.8 Å². The fraction of sp³-hybridized carbons (Fsp3) is 0.160. The van der Waals surface area contributed by atoms with Gasteiger partial charge in [-0.25, -0.2) is 4.98 Å². The van der Waals surface area contributed by atoms with Crippen LogP contribution in [-0.2, 0) is 13.0 Å². The maximum atomic E-state index is 13.2. The molecule has 0 unspecified atom stereocenters. The van der Waals surface area contributed by atoms with E-state index in [1.54, 1.807) is 36.4 Å². The number of rotatable bonds is 8. The highest BCUT2D eigenvalue weighted by molar-refractivity contribution is 9.10. The number of nitrogens with zero attached hydrogens (tertiary/aromatic N) is 4. The summed E-state index contributed by atoms with van der Waals surface area (Å²) < 4.78 is 13.4. The number of nitro benzene ring substituents is 1. The molecular formula is C25H20BrClN4O5. The smallest absolute Gasteiger partial charge is 0.282 e. The summed E-state index contributed by atoms with van der Waals surface area (Å²) in [6, 6.07) is 14.6. The van der Waals surface area contributed by atoms with Crippen LogP contribution in [0.3, 0.4) is 0 Å². The molecule has 9 nitrogen and oxygen atoms in total. The van der Waals surface area contributed by atoms with Crippen molar-refractivity contribution in [3.05, 3.63) is 102 Å². The normalized spacial score (nSPS) is 11.2. The first kappa shape index (κ1) is 25.3. The van der Waals surface area contributed by atoms with E-state index in [1.807, 2.05) is 13.0 Å². The minimum Gasteiger partial charge on any atom is -0.493 e. The molecule has 4 aromatic rings. The molecule has 4 rings (SSSR count).